The van der Waals surface area contributed by atoms with Gasteiger partial charge < -0.3 is 14.7 Å². The number of nitrogens with two attached hydrogens (primary N) is 1. The maximum Gasteiger partial charge on any atom is 0.428 e. The van der Waals surface area contributed by atoms with Crippen molar-refractivity contribution < 1.29 is 8.82 Å². The molecule has 0 amide bonds. The van der Waals surface area contributed by atoms with Gasteiger partial charge in [-0.05, 0) is 18.9 Å². The number of hydrogen-bond donors (Lipinski definition) is 2. The number of hydrogen-bond acceptors (Lipinski definition) is 6. The molecule has 0 atom stereocenters. The van der Waals surface area contributed by atoms with Gasteiger partial charge in [-0.3, -0.25) is 4.79 Å². The molecule has 1 aromatic carbocycles. The number of benzene rings is 1. The van der Waals surface area contributed by atoms with Gasteiger partial charge in [0.2, 0.25) is 11.2 Å². The van der Waals surface area contributed by atoms with Crippen LogP contribution in [0, 0.1) is 0 Å². The molecule has 6 rings (SSSR count). The van der Waals surface area contributed by atoms with Crippen molar-refractivity contribution in [1.82, 2.24) is 24.3 Å². The monoisotopic (exact) mass is 456 g/mol. The highest BCUT2D eigenvalue weighted by molar-refractivity contribution is 5.88. The van der Waals surface area contributed by atoms with Crippen LogP contribution in [-0.2, 0) is 13.6 Å². The molecule has 1 aliphatic carbocycles. The van der Waals surface area contributed by atoms with Crippen LogP contribution in [0.4, 0.5) is 5.95 Å². The SMILES string of the molecule is Cn1cc(-c2c(-c3ccccc3)nc(N)[n+]3c(=O)n(Cc4ncoc4C4CC4)[nH]c23)ccc1=O. The van der Waals surface area contributed by atoms with Gasteiger partial charge in [0.15, 0.2) is 6.39 Å². The summed E-state index contributed by atoms with van der Waals surface area (Å²) >= 11 is 0. The molecule has 0 saturated heterocycles. The van der Waals surface area contributed by atoms with Gasteiger partial charge in [-0.15, -0.1) is 9.38 Å². The van der Waals surface area contributed by atoms with Crippen LogP contribution >= 0.6 is 0 Å². The minimum atomic E-state index is -0.365. The third-order valence-electron chi connectivity index (χ3n) is 6.17. The molecule has 0 unspecified atom stereocenters. The Labute approximate surface area is 192 Å². The molecule has 0 radical (unpaired) electrons. The van der Waals surface area contributed by atoms with Gasteiger partial charge >= 0.3 is 11.6 Å². The van der Waals surface area contributed by atoms with E-state index in [1.54, 1.807) is 19.3 Å². The van der Waals surface area contributed by atoms with Gasteiger partial charge in [0, 0.05) is 36.4 Å². The lowest BCUT2D eigenvalue weighted by Gasteiger charge is -2.09. The largest absolute Gasteiger partial charge is 0.448 e. The number of nitrogens with zero attached hydrogens (tertiary/aromatic N) is 5. The van der Waals surface area contributed by atoms with E-state index >= 15 is 0 Å². The fourth-order valence-corrected chi connectivity index (χ4v) is 4.31. The Kier molecular flexibility index (Phi) is 4.47. The van der Waals surface area contributed by atoms with Crippen molar-refractivity contribution in [3.05, 3.63) is 87.3 Å². The first-order valence-corrected chi connectivity index (χ1v) is 11.0. The first kappa shape index (κ1) is 20.2. The van der Waals surface area contributed by atoms with E-state index in [1.165, 1.54) is 26.1 Å². The fourth-order valence-electron chi connectivity index (χ4n) is 4.31. The van der Waals surface area contributed by atoms with Crippen LogP contribution in [0.1, 0.15) is 30.2 Å². The van der Waals surface area contributed by atoms with Crippen LogP contribution in [0.25, 0.3) is 28.0 Å². The van der Waals surface area contributed by atoms with Crippen molar-refractivity contribution in [3.63, 3.8) is 0 Å². The Bertz CT molecular complexity index is 1660. The first-order chi connectivity index (χ1) is 16.5. The molecule has 170 valence electrons. The zero-order chi connectivity index (χ0) is 23.4. The van der Waals surface area contributed by atoms with Gasteiger partial charge in [-0.25, -0.2) is 14.9 Å². The van der Waals surface area contributed by atoms with Crippen molar-refractivity contribution in [3.8, 4) is 22.4 Å². The van der Waals surface area contributed by atoms with Crippen LogP contribution in [-0.4, -0.2) is 24.3 Å². The van der Waals surface area contributed by atoms with E-state index in [-0.39, 0.29) is 23.7 Å². The molecule has 34 heavy (non-hydrogen) atoms. The van der Waals surface area contributed by atoms with Crippen molar-refractivity contribution in [2.75, 3.05) is 5.73 Å². The maximum absolute atomic E-state index is 13.4. The number of rotatable bonds is 5. The topological polar surface area (TPSA) is 129 Å². The standard InChI is InChI=1S/C24H21N7O3/c1-29-11-16(9-10-18(29)32)19-20(14-5-3-2-4-6-14)27-23(25)31-22(19)28-30(24(31)33)12-17-21(15-7-8-15)34-13-26-17/h2-6,9-11,13,15H,7-8,12H2,1H3,(H2,25,27,28)/p+1. The predicted molar refractivity (Wildman–Crippen MR) is 124 cm³/mol. The number of aromatic amines is 1. The number of nitrogen functional groups attached to an aromatic ring is 1. The van der Waals surface area contributed by atoms with Crippen LogP contribution in [0.5, 0.6) is 0 Å². The number of aromatic nitrogens is 6. The number of oxazole rings is 1. The summed E-state index contributed by atoms with van der Waals surface area (Å²) in [5.41, 5.74) is 9.81. The lowest BCUT2D eigenvalue weighted by molar-refractivity contribution is -0.516. The van der Waals surface area contributed by atoms with E-state index in [4.69, 9.17) is 10.2 Å². The first-order valence-electron chi connectivity index (χ1n) is 11.0. The molecule has 0 spiro atoms. The van der Waals surface area contributed by atoms with Gasteiger partial charge in [0.1, 0.15) is 23.7 Å². The molecule has 1 fully saturated rings. The molecule has 3 N–H and O–H groups in total. The summed E-state index contributed by atoms with van der Waals surface area (Å²) in [4.78, 5) is 34.4. The van der Waals surface area contributed by atoms with E-state index in [0.29, 0.717) is 22.8 Å². The zero-order valence-electron chi connectivity index (χ0n) is 18.4. The van der Waals surface area contributed by atoms with Crippen molar-refractivity contribution in [1.29, 1.82) is 0 Å². The van der Waals surface area contributed by atoms with Crippen LogP contribution in [0.15, 0.2) is 69.1 Å². The van der Waals surface area contributed by atoms with Crippen molar-refractivity contribution in [2.45, 2.75) is 25.3 Å². The minimum absolute atomic E-state index is 0.0602. The van der Waals surface area contributed by atoms with Gasteiger partial charge in [0.05, 0.1) is 5.56 Å². The van der Waals surface area contributed by atoms with Crippen LogP contribution in [0.2, 0.25) is 0 Å². The Morgan fingerprint density at radius 2 is 1.94 bits per heavy atom. The van der Waals surface area contributed by atoms with Gasteiger partial charge in [-0.2, -0.15) is 4.68 Å². The number of aryl methyl sites for hydroxylation is 1. The van der Waals surface area contributed by atoms with E-state index in [1.807, 2.05) is 30.3 Å². The minimum Gasteiger partial charge on any atom is -0.448 e. The fraction of sp³-hybridized carbons (Fsp3) is 0.208. The van der Waals surface area contributed by atoms with E-state index in [9.17, 15) is 9.59 Å². The van der Waals surface area contributed by atoms with Gasteiger partial charge in [-0.1, -0.05) is 30.3 Å². The molecule has 0 aliphatic heterocycles. The van der Waals surface area contributed by atoms with E-state index in [2.05, 4.69) is 15.1 Å². The normalized spacial score (nSPS) is 13.6. The summed E-state index contributed by atoms with van der Waals surface area (Å²) in [6.45, 7) is 0.218. The number of fused-ring (bicyclic) bond motifs is 1. The predicted octanol–water partition coefficient (Wildman–Crippen LogP) is 1.84. The third-order valence-corrected chi connectivity index (χ3v) is 6.17. The molecule has 10 heteroatoms. The highest BCUT2D eigenvalue weighted by atomic mass is 16.3. The lowest BCUT2D eigenvalue weighted by Crippen LogP contribution is -2.44. The summed E-state index contributed by atoms with van der Waals surface area (Å²) in [5, 5.41) is 3.22. The maximum atomic E-state index is 13.4. The molecule has 4 heterocycles. The van der Waals surface area contributed by atoms with Gasteiger partial charge in [0.25, 0.3) is 0 Å². The van der Waals surface area contributed by atoms with E-state index in [0.717, 1.165) is 35.4 Å². The lowest BCUT2D eigenvalue weighted by atomic mass is 10.0. The molecule has 1 saturated carbocycles. The quantitative estimate of drug-likeness (QED) is 0.388. The molecular weight excluding hydrogens is 434 g/mol. The second-order valence-electron chi connectivity index (χ2n) is 8.53. The summed E-state index contributed by atoms with van der Waals surface area (Å²) < 4.78 is 9.87. The zero-order valence-corrected chi connectivity index (χ0v) is 18.4. The smallest absolute Gasteiger partial charge is 0.428 e. The average Bonchev–Trinajstić information content (AvgIpc) is 3.49. The number of pyridine rings is 1. The Hall–Kier alpha value is -4.47. The number of anilines is 1. The highest BCUT2D eigenvalue weighted by Crippen LogP contribution is 2.41. The third kappa shape index (κ3) is 3.22. The summed E-state index contributed by atoms with van der Waals surface area (Å²) in [5.74, 6) is 1.25. The molecular formula is C24H22N7O3+. The average molecular weight is 456 g/mol. The van der Waals surface area contributed by atoms with Crippen LogP contribution < -0.4 is 21.4 Å². The second-order valence-corrected chi connectivity index (χ2v) is 8.53. The highest BCUT2D eigenvalue weighted by Gasteiger charge is 2.32. The van der Waals surface area contributed by atoms with Crippen molar-refractivity contribution >= 4 is 11.6 Å². The van der Waals surface area contributed by atoms with E-state index < -0.39 is 0 Å². The molecule has 1 aliphatic rings. The number of nitrogens with one attached hydrogen (secondary N) is 1. The Balaban J connectivity index is 1.61. The summed E-state index contributed by atoms with van der Waals surface area (Å²) in [7, 11) is 1.68. The Morgan fingerprint density at radius 3 is 2.68 bits per heavy atom. The summed E-state index contributed by atoms with van der Waals surface area (Å²) in [6.07, 6.45) is 5.27. The molecule has 5 aromatic rings. The van der Waals surface area contributed by atoms with Crippen LogP contribution in [0.3, 0.4) is 0 Å². The Morgan fingerprint density at radius 1 is 1.15 bits per heavy atom. The molecule has 10 nitrogen and oxygen atoms in total. The number of H-pyrrole nitrogens is 1. The molecule has 0 bridgehead atoms. The summed E-state index contributed by atoms with van der Waals surface area (Å²) in [6, 6.07) is 12.8. The van der Waals surface area contributed by atoms with Crippen molar-refractivity contribution in [2.24, 2.45) is 7.05 Å². The second kappa shape index (κ2) is 7.55. The molecule has 4 aromatic heterocycles.